The third kappa shape index (κ3) is 2.87. The fourth-order valence-corrected chi connectivity index (χ4v) is 6.25. The van der Waals surface area contributed by atoms with Gasteiger partial charge in [0, 0.05) is 36.8 Å². The molecule has 1 saturated carbocycles. The number of rotatable bonds is 3. The molecule has 3 nitrogen and oxygen atoms in total. The van der Waals surface area contributed by atoms with Crippen LogP contribution in [0.5, 0.6) is 0 Å². The second kappa shape index (κ2) is 5.44. The molecule has 2 bridgehead atoms. The van der Waals surface area contributed by atoms with Crippen LogP contribution in [-0.2, 0) is 0 Å². The molecule has 23 heavy (non-hydrogen) atoms. The summed E-state index contributed by atoms with van der Waals surface area (Å²) in [6.07, 6.45) is 4.33. The molecule has 5 unspecified atom stereocenters. The SMILES string of the molecule is CC(C)(C)N1CC2CC1CC2CC(C)(C)N1CC2CNCC2C1. The minimum atomic E-state index is 0.360. The zero-order valence-corrected chi connectivity index (χ0v) is 15.9. The average molecular weight is 320 g/mol. The highest BCUT2D eigenvalue weighted by atomic mass is 15.3. The maximum Gasteiger partial charge on any atom is 0.0156 e. The van der Waals surface area contributed by atoms with Gasteiger partial charge in [0.2, 0.25) is 0 Å². The van der Waals surface area contributed by atoms with Gasteiger partial charge in [0.1, 0.15) is 0 Å². The van der Waals surface area contributed by atoms with Crippen molar-refractivity contribution in [3.63, 3.8) is 0 Å². The molecule has 1 N–H and O–H groups in total. The molecule has 4 fully saturated rings. The summed E-state index contributed by atoms with van der Waals surface area (Å²) >= 11 is 0. The number of hydrogen-bond donors (Lipinski definition) is 1. The van der Waals surface area contributed by atoms with Gasteiger partial charge in [-0.25, -0.2) is 0 Å². The minimum absolute atomic E-state index is 0.360. The fraction of sp³-hybridized carbons (Fsp3) is 1.00. The molecule has 5 atom stereocenters. The molecule has 4 aliphatic rings. The first-order valence-electron chi connectivity index (χ1n) is 9.96. The molecule has 3 saturated heterocycles. The third-order valence-electron chi connectivity index (χ3n) is 7.56. The second-order valence-corrected chi connectivity index (χ2v) is 10.6. The van der Waals surface area contributed by atoms with Crippen LogP contribution in [0.3, 0.4) is 0 Å². The number of hydrogen-bond acceptors (Lipinski definition) is 3. The smallest absolute Gasteiger partial charge is 0.0156 e. The van der Waals surface area contributed by atoms with E-state index in [2.05, 4.69) is 49.7 Å². The lowest BCUT2D eigenvalue weighted by molar-refractivity contribution is 0.0500. The first-order valence-corrected chi connectivity index (χ1v) is 9.96. The summed E-state index contributed by atoms with van der Waals surface area (Å²) in [5.41, 5.74) is 0.755. The lowest BCUT2D eigenvalue weighted by Gasteiger charge is -2.44. The van der Waals surface area contributed by atoms with Crippen LogP contribution >= 0.6 is 0 Å². The summed E-state index contributed by atoms with van der Waals surface area (Å²) in [5.74, 6) is 3.77. The zero-order chi connectivity index (χ0) is 16.4. The van der Waals surface area contributed by atoms with E-state index >= 15 is 0 Å². The van der Waals surface area contributed by atoms with Crippen LogP contribution in [0.4, 0.5) is 0 Å². The highest BCUT2D eigenvalue weighted by Gasteiger charge is 2.50. The monoisotopic (exact) mass is 319 g/mol. The highest BCUT2D eigenvalue weighted by Crippen LogP contribution is 2.48. The molecule has 1 aliphatic carbocycles. The first-order chi connectivity index (χ1) is 10.7. The van der Waals surface area contributed by atoms with Gasteiger partial charge in [-0.05, 0) is 90.6 Å². The molecule has 0 aromatic rings. The van der Waals surface area contributed by atoms with Gasteiger partial charge in [0.25, 0.3) is 0 Å². The van der Waals surface area contributed by atoms with Gasteiger partial charge in [-0.2, -0.15) is 0 Å². The molecule has 3 heterocycles. The molecular formula is C20H37N3. The lowest BCUT2D eigenvalue weighted by Crippen LogP contribution is -2.50. The molecule has 0 aromatic carbocycles. The Kier molecular flexibility index (Phi) is 3.87. The van der Waals surface area contributed by atoms with Crippen molar-refractivity contribution >= 4 is 0 Å². The van der Waals surface area contributed by atoms with Crippen molar-refractivity contribution in [3.05, 3.63) is 0 Å². The number of piperidine rings is 1. The van der Waals surface area contributed by atoms with E-state index in [0.717, 1.165) is 29.7 Å². The molecule has 0 radical (unpaired) electrons. The van der Waals surface area contributed by atoms with Gasteiger partial charge < -0.3 is 5.32 Å². The van der Waals surface area contributed by atoms with Crippen LogP contribution in [0.25, 0.3) is 0 Å². The Hall–Kier alpha value is -0.120. The van der Waals surface area contributed by atoms with Crippen LogP contribution in [0.1, 0.15) is 53.9 Å². The molecular weight excluding hydrogens is 282 g/mol. The predicted molar refractivity (Wildman–Crippen MR) is 96.6 cm³/mol. The van der Waals surface area contributed by atoms with E-state index in [4.69, 9.17) is 0 Å². The summed E-state index contributed by atoms with van der Waals surface area (Å²) in [6.45, 7) is 18.8. The van der Waals surface area contributed by atoms with Crippen molar-refractivity contribution in [2.45, 2.75) is 71.0 Å². The molecule has 3 aliphatic heterocycles. The Bertz CT molecular complexity index is 440. The van der Waals surface area contributed by atoms with Gasteiger partial charge in [0.05, 0.1) is 0 Å². The number of nitrogens with zero attached hydrogens (tertiary/aromatic N) is 2. The Morgan fingerprint density at radius 2 is 1.52 bits per heavy atom. The van der Waals surface area contributed by atoms with E-state index in [1.165, 1.54) is 52.0 Å². The van der Waals surface area contributed by atoms with Crippen LogP contribution < -0.4 is 5.32 Å². The maximum absolute atomic E-state index is 3.58. The molecule has 0 aromatic heterocycles. The van der Waals surface area contributed by atoms with E-state index in [1.54, 1.807) is 0 Å². The Morgan fingerprint density at radius 1 is 0.870 bits per heavy atom. The van der Waals surface area contributed by atoms with Crippen molar-refractivity contribution in [1.29, 1.82) is 0 Å². The van der Waals surface area contributed by atoms with Crippen LogP contribution in [-0.4, -0.2) is 59.6 Å². The van der Waals surface area contributed by atoms with Gasteiger partial charge in [-0.15, -0.1) is 0 Å². The predicted octanol–water partition coefficient (Wildman–Crippen LogP) is 2.82. The third-order valence-corrected chi connectivity index (χ3v) is 7.56. The van der Waals surface area contributed by atoms with Crippen molar-refractivity contribution in [2.24, 2.45) is 23.7 Å². The lowest BCUT2D eigenvalue weighted by atomic mass is 9.81. The molecule has 0 spiro atoms. The van der Waals surface area contributed by atoms with Crippen molar-refractivity contribution < 1.29 is 0 Å². The van der Waals surface area contributed by atoms with Crippen molar-refractivity contribution in [2.75, 3.05) is 32.7 Å². The number of likely N-dealkylation sites (tertiary alicyclic amines) is 2. The minimum Gasteiger partial charge on any atom is -0.316 e. The highest BCUT2D eigenvalue weighted by molar-refractivity contribution is 5.04. The van der Waals surface area contributed by atoms with Crippen molar-refractivity contribution in [1.82, 2.24) is 15.1 Å². The van der Waals surface area contributed by atoms with Crippen LogP contribution in [0, 0.1) is 23.7 Å². The molecule has 3 heteroatoms. The normalized spacial score (nSPS) is 41.9. The Balaban J connectivity index is 1.36. The first kappa shape index (κ1) is 16.4. The van der Waals surface area contributed by atoms with E-state index in [9.17, 15) is 0 Å². The largest absolute Gasteiger partial charge is 0.316 e. The standard InChI is InChI=1S/C20H37N3/c1-19(2,3)23-13-15-7-18(23)6-14(15)8-20(4,5)22-11-16-9-21-10-17(16)12-22/h14-18,21H,6-13H2,1-5H3. The number of fused-ring (bicyclic) bond motifs is 3. The fourth-order valence-electron chi connectivity index (χ4n) is 6.25. The quantitative estimate of drug-likeness (QED) is 0.863. The van der Waals surface area contributed by atoms with Crippen LogP contribution in [0.15, 0.2) is 0 Å². The Morgan fingerprint density at radius 3 is 2.04 bits per heavy atom. The van der Waals surface area contributed by atoms with Crippen molar-refractivity contribution in [3.8, 4) is 0 Å². The van der Waals surface area contributed by atoms with Gasteiger partial charge in [0.15, 0.2) is 0 Å². The molecule has 132 valence electrons. The summed E-state index contributed by atoms with van der Waals surface area (Å²) in [5, 5.41) is 3.58. The zero-order valence-electron chi connectivity index (χ0n) is 15.9. The van der Waals surface area contributed by atoms with E-state index < -0.39 is 0 Å². The topological polar surface area (TPSA) is 18.5 Å². The second-order valence-electron chi connectivity index (χ2n) is 10.6. The van der Waals surface area contributed by atoms with Gasteiger partial charge >= 0.3 is 0 Å². The Labute approximate surface area is 143 Å². The van der Waals surface area contributed by atoms with Gasteiger partial charge in [-0.3, -0.25) is 9.80 Å². The summed E-state index contributed by atoms with van der Waals surface area (Å²) in [6, 6.07) is 0.864. The van der Waals surface area contributed by atoms with Gasteiger partial charge in [-0.1, -0.05) is 0 Å². The van der Waals surface area contributed by atoms with Crippen LogP contribution in [0.2, 0.25) is 0 Å². The number of nitrogens with one attached hydrogen (secondary N) is 1. The summed E-state index contributed by atoms with van der Waals surface area (Å²) in [4.78, 5) is 5.61. The van der Waals surface area contributed by atoms with E-state index in [-0.39, 0.29) is 0 Å². The summed E-state index contributed by atoms with van der Waals surface area (Å²) < 4.78 is 0. The molecule has 0 amide bonds. The summed E-state index contributed by atoms with van der Waals surface area (Å²) in [7, 11) is 0. The average Bonchev–Trinajstić information content (AvgIpc) is 3.15. The maximum atomic E-state index is 3.58. The molecule has 4 rings (SSSR count). The van der Waals surface area contributed by atoms with E-state index in [0.29, 0.717) is 11.1 Å². The van der Waals surface area contributed by atoms with E-state index in [1.807, 2.05) is 0 Å².